The van der Waals surface area contributed by atoms with Gasteiger partial charge in [-0.15, -0.1) is 0 Å². The van der Waals surface area contributed by atoms with E-state index in [0.717, 1.165) is 18.5 Å². The van der Waals surface area contributed by atoms with Crippen molar-refractivity contribution in [3.63, 3.8) is 0 Å². The molecule has 98 valence electrons. The molecule has 2 rings (SSSR count). The van der Waals surface area contributed by atoms with Gasteiger partial charge in [0.25, 0.3) is 0 Å². The topological polar surface area (TPSA) is 52.6 Å². The maximum absolute atomic E-state index is 11.7. The van der Waals surface area contributed by atoms with Crippen LogP contribution in [0.3, 0.4) is 0 Å². The molecule has 0 aliphatic carbocycles. The van der Waals surface area contributed by atoms with Crippen LogP contribution in [0.4, 0.5) is 0 Å². The summed E-state index contributed by atoms with van der Waals surface area (Å²) < 4.78 is 0. The molecule has 0 bridgehead atoms. The zero-order valence-electron chi connectivity index (χ0n) is 10.1. The molecule has 1 aliphatic heterocycles. The lowest BCUT2D eigenvalue weighted by atomic mass is 10.2. The van der Waals surface area contributed by atoms with Gasteiger partial charge in [0, 0.05) is 24.7 Å². The van der Waals surface area contributed by atoms with Crippen LogP contribution in [0.15, 0.2) is 24.3 Å². The van der Waals surface area contributed by atoms with Crippen LogP contribution in [0.2, 0.25) is 5.02 Å². The van der Waals surface area contributed by atoms with Crippen LogP contribution in [-0.2, 0) is 11.3 Å². The fourth-order valence-corrected chi connectivity index (χ4v) is 2.14. The first-order valence-corrected chi connectivity index (χ1v) is 6.43. The van der Waals surface area contributed by atoms with Crippen molar-refractivity contribution < 1.29 is 9.90 Å². The van der Waals surface area contributed by atoms with E-state index in [2.05, 4.69) is 5.32 Å². The van der Waals surface area contributed by atoms with Gasteiger partial charge in [0.05, 0.1) is 12.6 Å². The molecule has 1 atom stereocenters. The molecular formula is C13H17ClN2O2. The number of halogens is 1. The van der Waals surface area contributed by atoms with E-state index in [1.807, 2.05) is 17.0 Å². The molecule has 4 nitrogen and oxygen atoms in total. The number of β-amino-alcohol motifs (C(OH)–C–C–N with tert-alkyl or cyclic N) is 1. The Morgan fingerprint density at radius 2 is 2.17 bits per heavy atom. The van der Waals surface area contributed by atoms with Crippen molar-refractivity contribution in [2.75, 3.05) is 19.6 Å². The summed E-state index contributed by atoms with van der Waals surface area (Å²) >= 11 is 5.78. The lowest BCUT2D eigenvalue weighted by Crippen LogP contribution is -2.36. The van der Waals surface area contributed by atoms with Crippen LogP contribution in [0, 0.1) is 0 Å². The average Bonchev–Trinajstić information content (AvgIpc) is 2.74. The number of nitrogens with one attached hydrogen (secondary N) is 1. The van der Waals surface area contributed by atoms with Crippen molar-refractivity contribution in [3.05, 3.63) is 34.9 Å². The fourth-order valence-electron chi connectivity index (χ4n) is 2.02. The Hall–Kier alpha value is -1.10. The lowest BCUT2D eigenvalue weighted by molar-refractivity contribution is -0.122. The summed E-state index contributed by atoms with van der Waals surface area (Å²) in [4.78, 5) is 13.6. The molecule has 1 amide bonds. The molecule has 1 aromatic carbocycles. The van der Waals surface area contributed by atoms with Crippen LogP contribution in [0.25, 0.3) is 0 Å². The summed E-state index contributed by atoms with van der Waals surface area (Å²) in [5.41, 5.74) is 1.02. The highest BCUT2D eigenvalue weighted by molar-refractivity contribution is 6.30. The number of hydrogen-bond acceptors (Lipinski definition) is 3. The fraction of sp³-hybridized carbons (Fsp3) is 0.462. The predicted octanol–water partition coefficient (Wildman–Crippen LogP) is 1.02. The number of carbonyl (C=O) groups is 1. The van der Waals surface area contributed by atoms with E-state index in [1.165, 1.54) is 0 Å². The van der Waals surface area contributed by atoms with Gasteiger partial charge in [0.2, 0.25) is 5.91 Å². The predicted molar refractivity (Wildman–Crippen MR) is 70.4 cm³/mol. The number of likely N-dealkylation sites (tertiary alicyclic amines) is 1. The van der Waals surface area contributed by atoms with E-state index < -0.39 is 0 Å². The van der Waals surface area contributed by atoms with Crippen molar-refractivity contribution in [2.45, 2.75) is 19.1 Å². The van der Waals surface area contributed by atoms with Crippen LogP contribution in [0.1, 0.15) is 12.0 Å². The maximum atomic E-state index is 11.7. The summed E-state index contributed by atoms with van der Waals surface area (Å²) in [7, 11) is 0. The van der Waals surface area contributed by atoms with Crippen LogP contribution in [0.5, 0.6) is 0 Å². The van der Waals surface area contributed by atoms with Crippen LogP contribution in [-0.4, -0.2) is 41.7 Å². The lowest BCUT2D eigenvalue weighted by Gasteiger charge is -2.14. The van der Waals surface area contributed by atoms with Crippen LogP contribution >= 0.6 is 11.6 Å². The number of nitrogens with zero attached hydrogens (tertiary/aromatic N) is 1. The van der Waals surface area contributed by atoms with Crippen molar-refractivity contribution in [1.82, 2.24) is 10.2 Å². The summed E-state index contributed by atoms with van der Waals surface area (Å²) in [6.07, 6.45) is 0.471. The second-order valence-corrected chi connectivity index (χ2v) is 5.02. The third kappa shape index (κ3) is 3.98. The first-order chi connectivity index (χ1) is 8.63. The highest BCUT2D eigenvalue weighted by atomic mass is 35.5. The number of benzene rings is 1. The molecule has 0 radical (unpaired) electrons. The quantitative estimate of drug-likeness (QED) is 0.857. The molecule has 1 saturated heterocycles. The molecule has 1 heterocycles. The SMILES string of the molecule is O=C(CN1CC[C@@H](O)C1)NCc1ccc(Cl)cc1. The van der Waals surface area contributed by atoms with Gasteiger partial charge in [-0.3, -0.25) is 9.69 Å². The normalized spacial score (nSPS) is 20.0. The number of hydrogen-bond donors (Lipinski definition) is 2. The van der Waals surface area contributed by atoms with Crippen LogP contribution < -0.4 is 5.32 Å². The number of carbonyl (C=O) groups excluding carboxylic acids is 1. The zero-order chi connectivity index (χ0) is 13.0. The van der Waals surface area contributed by atoms with Gasteiger partial charge < -0.3 is 10.4 Å². The van der Waals surface area contributed by atoms with E-state index in [1.54, 1.807) is 12.1 Å². The molecule has 0 spiro atoms. The summed E-state index contributed by atoms with van der Waals surface area (Å²) in [5.74, 6) is -0.0148. The first-order valence-electron chi connectivity index (χ1n) is 6.05. The molecule has 2 N–H and O–H groups in total. The third-order valence-electron chi connectivity index (χ3n) is 3.02. The molecule has 18 heavy (non-hydrogen) atoms. The van der Waals surface area contributed by atoms with Gasteiger partial charge >= 0.3 is 0 Å². The van der Waals surface area contributed by atoms with Gasteiger partial charge in [0.1, 0.15) is 0 Å². The zero-order valence-corrected chi connectivity index (χ0v) is 10.9. The summed E-state index contributed by atoms with van der Waals surface area (Å²) in [6.45, 7) is 2.24. The second-order valence-electron chi connectivity index (χ2n) is 4.58. The minimum absolute atomic E-state index is 0.0148. The Kier molecular flexibility index (Phi) is 4.58. The molecule has 1 aliphatic rings. The number of aliphatic hydroxyl groups excluding tert-OH is 1. The average molecular weight is 269 g/mol. The maximum Gasteiger partial charge on any atom is 0.234 e. The Balaban J connectivity index is 1.73. The van der Waals surface area contributed by atoms with Crippen molar-refractivity contribution in [2.24, 2.45) is 0 Å². The van der Waals surface area contributed by atoms with E-state index in [4.69, 9.17) is 11.6 Å². The number of aliphatic hydroxyl groups is 1. The highest BCUT2D eigenvalue weighted by Gasteiger charge is 2.21. The van der Waals surface area contributed by atoms with Gasteiger partial charge in [-0.05, 0) is 24.1 Å². The second kappa shape index (κ2) is 6.18. The number of amides is 1. The van der Waals surface area contributed by atoms with Crippen molar-refractivity contribution in [3.8, 4) is 0 Å². The van der Waals surface area contributed by atoms with Crippen molar-refractivity contribution in [1.29, 1.82) is 0 Å². The Labute approximate surface area is 112 Å². The van der Waals surface area contributed by atoms with E-state index >= 15 is 0 Å². The van der Waals surface area contributed by atoms with Gasteiger partial charge in [-0.1, -0.05) is 23.7 Å². The standard InChI is InChI=1S/C13H17ClN2O2/c14-11-3-1-10(2-4-11)7-15-13(18)9-16-6-5-12(17)8-16/h1-4,12,17H,5-9H2,(H,15,18)/t12-/m1/s1. The Morgan fingerprint density at radius 1 is 1.44 bits per heavy atom. The molecular weight excluding hydrogens is 252 g/mol. The molecule has 0 saturated carbocycles. The first kappa shape index (κ1) is 13.3. The largest absolute Gasteiger partial charge is 0.392 e. The van der Waals surface area contributed by atoms with Crippen molar-refractivity contribution >= 4 is 17.5 Å². The van der Waals surface area contributed by atoms with E-state index in [0.29, 0.717) is 24.7 Å². The highest BCUT2D eigenvalue weighted by Crippen LogP contribution is 2.10. The van der Waals surface area contributed by atoms with Gasteiger partial charge in [-0.25, -0.2) is 0 Å². The molecule has 0 aromatic heterocycles. The Morgan fingerprint density at radius 3 is 2.78 bits per heavy atom. The minimum Gasteiger partial charge on any atom is -0.392 e. The van der Waals surface area contributed by atoms with E-state index in [-0.39, 0.29) is 12.0 Å². The summed E-state index contributed by atoms with van der Waals surface area (Å²) in [6, 6.07) is 7.39. The Bertz CT molecular complexity index is 408. The molecule has 1 aromatic rings. The summed E-state index contributed by atoms with van der Waals surface area (Å²) in [5, 5.41) is 12.9. The smallest absolute Gasteiger partial charge is 0.234 e. The molecule has 5 heteroatoms. The monoisotopic (exact) mass is 268 g/mol. The third-order valence-corrected chi connectivity index (χ3v) is 3.27. The van der Waals surface area contributed by atoms with Gasteiger partial charge in [0.15, 0.2) is 0 Å². The number of rotatable bonds is 4. The minimum atomic E-state index is -0.283. The molecule has 0 unspecified atom stereocenters. The molecule has 1 fully saturated rings. The van der Waals surface area contributed by atoms with E-state index in [9.17, 15) is 9.90 Å². The van der Waals surface area contributed by atoms with Gasteiger partial charge in [-0.2, -0.15) is 0 Å².